The number of halogens is 2. The van der Waals surface area contributed by atoms with Gasteiger partial charge in [0, 0.05) is 23.4 Å². The normalized spacial score (nSPS) is 14.0. The van der Waals surface area contributed by atoms with E-state index in [1.54, 1.807) is 15.8 Å². The number of carbonyl (C=O) groups is 1. The largest absolute Gasteiger partial charge is 0.444 e. The lowest BCUT2D eigenvalue weighted by molar-refractivity contribution is 0.0239. The van der Waals surface area contributed by atoms with Crippen LogP contribution in [-0.4, -0.2) is 26.4 Å². The van der Waals surface area contributed by atoms with Gasteiger partial charge in [-0.25, -0.2) is 13.6 Å². The maximum absolute atomic E-state index is 13.7. The third-order valence-electron chi connectivity index (χ3n) is 3.63. The summed E-state index contributed by atoms with van der Waals surface area (Å²) in [5.41, 5.74) is 1.49. The van der Waals surface area contributed by atoms with Crippen molar-refractivity contribution in [3.05, 3.63) is 52.9 Å². The Bertz CT molecular complexity index is 757. The molecule has 5 nitrogen and oxygen atoms in total. The van der Waals surface area contributed by atoms with Crippen LogP contribution in [0.3, 0.4) is 0 Å². The zero-order chi connectivity index (χ0) is 17.5. The smallest absolute Gasteiger partial charge is 0.410 e. The summed E-state index contributed by atoms with van der Waals surface area (Å²) in [7, 11) is 0. The number of aromatic nitrogens is 2. The van der Waals surface area contributed by atoms with Gasteiger partial charge in [-0.1, -0.05) is 6.07 Å². The Labute approximate surface area is 138 Å². The second-order valence-corrected chi connectivity index (χ2v) is 6.87. The molecule has 2 heterocycles. The molecule has 0 N–H and O–H groups in total. The van der Waals surface area contributed by atoms with Crippen LogP contribution in [0.1, 0.15) is 37.6 Å². The van der Waals surface area contributed by atoms with Crippen molar-refractivity contribution >= 4 is 6.09 Å². The summed E-state index contributed by atoms with van der Waals surface area (Å²) < 4.78 is 33.6. The molecule has 2 aromatic rings. The van der Waals surface area contributed by atoms with Gasteiger partial charge in [0.1, 0.15) is 17.2 Å². The molecule has 0 unspecified atom stereocenters. The van der Waals surface area contributed by atoms with E-state index >= 15 is 0 Å². The van der Waals surface area contributed by atoms with Gasteiger partial charge in [-0.2, -0.15) is 5.10 Å². The molecule has 1 aromatic carbocycles. The fraction of sp³-hybridized carbons (Fsp3) is 0.412. The fourth-order valence-electron chi connectivity index (χ4n) is 2.57. The van der Waals surface area contributed by atoms with E-state index in [4.69, 9.17) is 4.74 Å². The first-order valence-corrected chi connectivity index (χ1v) is 7.68. The van der Waals surface area contributed by atoms with E-state index in [0.29, 0.717) is 18.7 Å². The molecular weight excluding hydrogens is 316 g/mol. The average molecular weight is 335 g/mol. The van der Waals surface area contributed by atoms with Crippen LogP contribution in [0.2, 0.25) is 0 Å². The van der Waals surface area contributed by atoms with Crippen LogP contribution in [0.15, 0.2) is 24.4 Å². The van der Waals surface area contributed by atoms with E-state index in [1.807, 2.05) is 20.8 Å². The molecule has 0 fully saturated rings. The number of carbonyl (C=O) groups excluding carboxylic acids is 1. The van der Waals surface area contributed by atoms with Crippen LogP contribution in [0, 0.1) is 11.6 Å². The van der Waals surface area contributed by atoms with Crippen LogP contribution in [0.5, 0.6) is 0 Å². The maximum Gasteiger partial charge on any atom is 0.410 e. The second-order valence-electron chi connectivity index (χ2n) is 6.87. The first kappa shape index (κ1) is 16.4. The van der Waals surface area contributed by atoms with Gasteiger partial charge in [-0.15, -0.1) is 0 Å². The van der Waals surface area contributed by atoms with Crippen molar-refractivity contribution in [1.29, 1.82) is 0 Å². The molecule has 1 aromatic heterocycles. The Balaban J connectivity index is 1.67. The highest BCUT2D eigenvalue weighted by atomic mass is 19.1. The first-order valence-electron chi connectivity index (χ1n) is 7.68. The molecule has 0 atom stereocenters. The number of amides is 1. The second kappa shape index (κ2) is 5.89. The summed E-state index contributed by atoms with van der Waals surface area (Å²) in [6.07, 6.45) is 1.40. The van der Waals surface area contributed by atoms with E-state index in [2.05, 4.69) is 5.10 Å². The van der Waals surface area contributed by atoms with E-state index in [9.17, 15) is 13.6 Å². The van der Waals surface area contributed by atoms with Crippen molar-refractivity contribution in [3.8, 4) is 0 Å². The Morgan fingerprint density at radius 2 is 2.04 bits per heavy atom. The third-order valence-corrected chi connectivity index (χ3v) is 3.63. The number of nitrogens with zero attached hydrogens (tertiary/aromatic N) is 3. The standard InChI is InChI=1S/C17H19F2N3O2/c1-17(2,3)24-16(23)21-7-12-9-22(20-15(12)10-21)8-11-4-5-13(18)6-14(11)19/h4-6,9H,7-8,10H2,1-3H3. The van der Waals surface area contributed by atoms with Gasteiger partial charge >= 0.3 is 6.09 Å². The molecule has 24 heavy (non-hydrogen) atoms. The van der Waals surface area contributed by atoms with E-state index < -0.39 is 17.2 Å². The minimum atomic E-state index is -0.604. The molecule has 7 heteroatoms. The summed E-state index contributed by atoms with van der Waals surface area (Å²) in [5, 5.41) is 4.39. The number of benzene rings is 1. The van der Waals surface area contributed by atoms with E-state index in [0.717, 1.165) is 17.3 Å². The van der Waals surface area contributed by atoms with Crippen molar-refractivity contribution in [3.63, 3.8) is 0 Å². The molecule has 0 spiro atoms. The number of rotatable bonds is 2. The van der Waals surface area contributed by atoms with Crippen molar-refractivity contribution in [2.45, 2.75) is 46.0 Å². The highest BCUT2D eigenvalue weighted by Crippen LogP contribution is 2.24. The van der Waals surface area contributed by atoms with Crippen molar-refractivity contribution < 1.29 is 18.3 Å². The van der Waals surface area contributed by atoms with Crippen LogP contribution >= 0.6 is 0 Å². The van der Waals surface area contributed by atoms with Crippen LogP contribution < -0.4 is 0 Å². The molecule has 3 rings (SSSR count). The van der Waals surface area contributed by atoms with E-state index in [1.165, 1.54) is 12.1 Å². The predicted octanol–water partition coefficient (Wildman–Crippen LogP) is 3.46. The maximum atomic E-state index is 13.7. The summed E-state index contributed by atoms with van der Waals surface area (Å²) in [6.45, 7) is 6.44. The fourth-order valence-corrected chi connectivity index (χ4v) is 2.57. The highest BCUT2D eigenvalue weighted by molar-refractivity contribution is 5.69. The minimum absolute atomic E-state index is 0.214. The lowest BCUT2D eigenvalue weighted by Gasteiger charge is -2.24. The topological polar surface area (TPSA) is 47.4 Å². The van der Waals surface area contributed by atoms with Gasteiger partial charge in [0.15, 0.2) is 0 Å². The predicted molar refractivity (Wildman–Crippen MR) is 83.2 cm³/mol. The summed E-state index contributed by atoms with van der Waals surface area (Å²) in [4.78, 5) is 13.6. The summed E-state index contributed by atoms with van der Waals surface area (Å²) >= 11 is 0. The van der Waals surface area contributed by atoms with Crippen molar-refractivity contribution in [1.82, 2.24) is 14.7 Å². The number of fused-ring (bicyclic) bond motifs is 1. The van der Waals surface area contributed by atoms with Gasteiger partial charge in [0.25, 0.3) is 0 Å². The van der Waals surface area contributed by atoms with Gasteiger partial charge in [0.2, 0.25) is 0 Å². The van der Waals surface area contributed by atoms with Gasteiger partial charge in [-0.3, -0.25) is 9.58 Å². The van der Waals surface area contributed by atoms with Gasteiger partial charge in [0.05, 0.1) is 25.3 Å². The highest BCUT2D eigenvalue weighted by Gasteiger charge is 2.29. The lowest BCUT2D eigenvalue weighted by atomic mass is 10.2. The van der Waals surface area contributed by atoms with Gasteiger partial charge in [-0.05, 0) is 26.8 Å². The van der Waals surface area contributed by atoms with Crippen LogP contribution in [0.25, 0.3) is 0 Å². The third kappa shape index (κ3) is 3.55. The monoisotopic (exact) mass is 335 g/mol. The molecule has 128 valence electrons. The van der Waals surface area contributed by atoms with Crippen molar-refractivity contribution in [2.24, 2.45) is 0 Å². The molecule has 1 amide bonds. The molecule has 0 bridgehead atoms. The Kier molecular flexibility index (Phi) is 4.03. The Morgan fingerprint density at radius 3 is 2.67 bits per heavy atom. The Hall–Kier alpha value is -2.44. The number of hydrogen-bond acceptors (Lipinski definition) is 3. The molecule has 1 aliphatic rings. The average Bonchev–Trinajstić information content (AvgIpc) is 2.98. The van der Waals surface area contributed by atoms with Crippen LogP contribution in [0.4, 0.5) is 13.6 Å². The summed E-state index contributed by atoms with van der Waals surface area (Å²) in [5.74, 6) is -1.20. The van der Waals surface area contributed by atoms with Crippen LogP contribution in [-0.2, 0) is 24.4 Å². The Morgan fingerprint density at radius 1 is 1.29 bits per heavy atom. The lowest BCUT2D eigenvalue weighted by Crippen LogP contribution is -2.33. The number of hydrogen-bond donors (Lipinski definition) is 0. The molecular formula is C17H19F2N3O2. The molecule has 0 aliphatic carbocycles. The first-order chi connectivity index (χ1) is 11.2. The zero-order valence-corrected chi connectivity index (χ0v) is 13.8. The zero-order valence-electron chi connectivity index (χ0n) is 13.8. The molecule has 1 aliphatic heterocycles. The molecule has 0 saturated heterocycles. The minimum Gasteiger partial charge on any atom is -0.444 e. The SMILES string of the molecule is CC(C)(C)OC(=O)N1Cc2cn(Cc3ccc(F)cc3F)nc2C1. The van der Waals surface area contributed by atoms with E-state index in [-0.39, 0.29) is 12.6 Å². The summed E-state index contributed by atoms with van der Waals surface area (Å²) in [6, 6.07) is 3.49. The van der Waals surface area contributed by atoms with Gasteiger partial charge < -0.3 is 4.74 Å². The molecule has 0 radical (unpaired) electrons. The number of ether oxygens (including phenoxy) is 1. The molecule has 0 saturated carbocycles. The quantitative estimate of drug-likeness (QED) is 0.844. The van der Waals surface area contributed by atoms with Crippen molar-refractivity contribution in [2.75, 3.05) is 0 Å².